The number of carbonyl (C=O) groups is 2. The molecule has 1 atom stereocenters. The van der Waals surface area contributed by atoms with Crippen LogP contribution in [0.5, 0.6) is 5.75 Å². The fourth-order valence-corrected chi connectivity index (χ4v) is 5.79. The van der Waals surface area contributed by atoms with E-state index >= 15 is 0 Å². The van der Waals surface area contributed by atoms with E-state index in [9.17, 15) is 9.59 Å². The Morgan fingerprint density at radius 3 is 2.29 bits per heavy atom. The first-order valence-corrected chi connectivity index (χ1v) is 18.1. The zero-order chi connectivity index (χ0) is 32.5. The van der Waals surface area contributed by atoms with Crippen LogP contribution in [0, 0.1) is 0 Å². The maximum absolute atomic E-state index is 13.2. The number of carbonyl (C=O) groups excluding carboxylic acids is 2. The lowest BCUT2D eigenvalue weighted by Gasteiger charge is -2.39. The Morgan fingerprint density at radius 1 is 0.911 bits per heavy atom. The Labute approximate surface area is 267 Å². The lowest BCUT2D eigenvalue weighted by atomic mass is 10.1. The van der Waals surface area contributed by atoms with Crippen LogP contribution in [-0.2, 0) is 15.6 Å². The summed E-state index contributed by atoms with van der Waals surface area (Å²) in [7, 11) is -2.15. The molecule has 0 saturated heterocycles. The van der Waals surface area contributed by atoms with E-state index in [-0.39, 0.29) is 16.9 Å². The lowest BCUT2D eigenvalue weighted by molar-refractivity contribution is -0.105. The molecule has 4 aromatic rings. The number of nitrogens with one attached hydrogen (secondary N) is 3. The minimum atomic E-state index is -2.15. The molecule has 0 aliphatic heterocycles. The largest absolute Gasteiger partial charge is 0.421 e. The van der Waals surface area contributed by atoms with Crippen molar-refractivity contribution >= 4 is 43.4 Å². The van der Waals surface area contributed by atoms with Gasteiger partial charge in [0.2, 0.25) is 6.41 Å². The third kappa shape index (κ3) is 9.28. The molecule has 45 heavy (non-hydrogen) atoms. The summed E-state index contributed by atoms with van der Waals surface area (Å²) >= 11 is 0. The summed E-state index contributed by atoms with van der Waals surface area (Å²) in [5.41, 5.74) is 11.6. The predicted molar refractivity (Wildman–Crippen MR) is 186 cm³/mol. The Bertz CT molecular complexity index is 1580. The van der Waals surface area contributed by atoms with Crippen LogP contribution >= 0.6 is 0 Å². The van der Waals surface area contributed by atoms with Gasteiger partial charge in [-0.3, -0.25) is 4.79 Å². The number of esters is 1. The van der Waals surface area contributed by atoms with Crippen LogP contribution < -0.4 is 26.4 Å². The maximum Gasteiger partial charge on any atom is 0.343 e. The van der Waals surface area contributed by atoms with E-state index in [0.29, 0.717) is 29.9 Å². The fraction of sp³-hybridized carbons (Fsp3) is 0.278. The highest BCUT2D eigenvalue weighted by atomic mass is 28.4. The zero-order valence-electron chi connectivity index (χ0n) is 26.7. The van der Waals surface area contributed by atoms with Crippen molar-refractivity contribution in [2.45, 2.75) is 51.4 Å². The van der Waals surface area contributed by atoms with E-state index in [2.05, 4.69) is 74.1 Å². The van der Waals surface area contributed by atoms with Crippen LogP contribution in [0.25, 0.3) is 0 Å². The molecule has 8 nitrogen and oxygen atoms in total. The molecule has 0 aliphatic carbocycles. The van der Waals surface area contributed by atoms with Crippen molar-refractivity contribution in [1.29, 1.82) is 0 Å². The number of rotatable bonds is 14. The van der Waals surface area contributed by atoms with Crippen LogP contribution in [0.3, 0.4) is 0 Å². The van der Waals surface area contributed by atoms with Crippen molar-refractivity contribution in [2.75, 3.05) is 29.5 Å². The molecule has 1 amide bonds. The molecular weight excluding hydrogens is 581 g/mol. The van der Waals surface area contributed by atoms with Gasteiger partial charge >= 0.3 is 5.97 Å². The van der Waals surface area contributed by atoms with Crippen LogP contribution in [-0.4, -0.2) is 33.8 Å². The van der Waals surface area contributed by atoms with Gasteiger partial charge in [-0.1, -0.05) is 69.3 Å². The highest BCUT2D eigenvalue weighted by Crippen LogP contribution is 2.40. The molecule has 0 unspecified atom stereocenters. The van der Waals surface area contributed by atoms with Crippen molar-refractivity contribution in [3.05, 3.63) is 114 Å². The molecule has 0 aliphatic rings. The maximum atomic E-state index is 13.2. The first kappa shape index (κ1) is 33.4. The van der Waals surface area contributed by atoms with Crippen LogP contribution in [0.2, 0.25) is 18.1 Å². The van der Waals surface area contributed by atoms with Crippen molar-refractivity contribution in [3.63, 3.8) is 0 Å². The Morgan fingerprint density at radius 2 is 1.60 bits per heavy atom. The van der Waals surface area contributed by atoms with E-state index in [1.54, 1.807) is 30.3 Å². The summed E-state index contributed by atoms with van der Waals surface area (Å²) < 4.78 is 12.5. The third-order valence-electron chi connectivity index (χ3n) is 8.16. The topological polar surface area (TPSA) is 115 Å². The van der Waals surface area contributed by atoms with Gasteiger partial charge in [0.15, 0.2) is 14.1 Å². The minimum absolute atomic E-state index is 0.0112. The summed E-state index contributed by atoms with van der Waals surface area (Å²) in [4.78, 5) is 24.1. The number of nitrogens with two attached hydrogens (primary N) is 1. The highest BCUT2D eigenvalue weighted by Gasteiger charge is 2.39. The van der Waals surface area contributed by atoms with Gasteiger partial charge in [0.1, 0.15) is 0 Å². The molecule has 4 rings (SSSR count). The van der Waals surface area contributed by atoms with Gasteiger partial charge in [0.25, 0.3) is 0 Å². The number of hydrogen-bond donors (Lipinski definition) is 4. The number of anilines is 4. The van der Waals surface area contributed by atoms with Gasteiger partial charge in [0.05, 0.1) is 28.7 Å². The molecule has 0 spiro atoms. The van der Waals surface area contributed by atoms with E-state index < -0.39 is 14.3 Å². The van der Waals surface area contributed by atoms with Crippen molar-refractivity contribution in [1.82, 2.24) is 5.32 Å². The van der Waals surface area contributed by atoms with Gasteiger partial charge in [-0.25, -0.2) is 4.79 Å². The number of ether oxygens (including phenoxy) is 1. The molecule has 0 bridgehead atoms. The molecule has 5 N–H and O–H groups in total. The average molecular weight is 625 g/mol. The summed E-state index contributed by atoms with van der Waals surface area (Å²) in [6.45, 7) is 12.5. The first-order chi connectivity index (χ1) is 21.5. The Hall–Kier alpha value is -4.44. The molecule has 4 aromatic carbocycles. The molecule has 0 fully saturated rings. The summed E-state index contributed by atoms with van der Waals surface area (Å²) in [5, 5.41) is 9.53. The van der Waals surface area contributed by atoms with Gasteiger partial charge in [-0.05, 0) is 90.8 Å². The lowest BCUT2D eigenvalue weighted by Crippen LogP contribution is -2.43. The van der Waals surface area contributed by atoms with Gasteiger partial charge < -0.3 is 30.8 Å². The monoisotopic (exact) mass is 624 g/mol. The Kier molecular flexibility index (Phi) is 11.2. The molecule has 0 aromatic heterocycles. The molecule has 236 valence electrons. The summed E-state index contributed by atoms with van der Waals surface area (Å²) in [6, 6.07) is 30.3. The van der Waals surface area contributed by atoms with Crippen molar-refractivity contribution < 1.29 is 18.8 Å². The average Bonchev–Trinajstić information content (AvgIpc) is 3.01. The zero-order valence-corrected chi connectivity index (χ0v) is 27.7. The Balaban J connectivity index is 1.43. The summed E-state index contributed by atoms with van der Waals surface area (Å²) in [5.74, 6) is -0.229. The number of hydrogen-bond acceptors (Lipinski definition) is 7. The molecule has 9 heteroatoms. The van der Waals surface area contributed by atoms with E-state index in [4.69, 9.17) is 14.9 Å². The van der Waals surface area contributed by atoms with Crippen LogP contribution in [0.15, 0.2) is 97.1 Å². The molecule has 0 saturated carbocycles. The van der Waals surface area contributed by atoms with Crippen molar-refractivity contribution in [3.8, 4) is 5.75 Å². The third-order valence-corrected chi connectivity index (χ3v) is 12.6. The number of nitrogen functional groups attached to an aromatic ring is 1. The minimum Gasteiger partial charge on any atom is -0.421 e. The second kappa shape index (κ2) is 15.0. The quantitative estimate of drug-likeness (QED) is 0.0284. The van der Waals surface area contributed by atoms with Crippen LogP contribution in [0.4, 0.5) is 22.7 Å². The molecule has 0 heterocycles. The molecule has 0 radical (unpaired) electrons. The molecular formula is C36H44N4O4Si. The number of benzene rings is 4. The van der Waals surface area contributed by atoms with Gasteiger partial charge in [0, 0.05) is 12.2 Å². The van der Waals surface area contributed by atoms with Crippen LogP contribution in [0.1, 0.15) is 48.4 Å². The van der Waals surface area contributed by atoms with E-state index in [1.165, 1.54) is 5.56 Å². The first-order valence-electron chi connectivity index (χ1n) is 15.2. The van der Waals surface area contributed by atoms with Crippen molar-refractivity contribution in [2.24, 2.45) is 0 Å². The second-order valence-electron chi connectivity index (χ2n) is 12.5. The fourth-order valence-electron chi connectivity index (χ4n) is 4.51. The second-order valence-corrected chi connectivity index (χ2v) is 17.3. The van der Waals surface area contributed by atoms with Gasteiger partial charge in [-0.15, -0.1) is 0 Å². The van der Waals surface area contributed by atoms with Gasteiger partial charge in [-0.2, -0.15) is 0 Å². The smallest absolute Gasteiger partial charge is 0.343 e. The highest BCUT2D eigenvalue weighted by molar-refractivity contribution is 6.74. The SMILES string of the molecule is CC(C)(C)[Si](C)(C)O[C@@H](CNCCc1ccc(Nc2ccccc2N)cc1)c1cccc(C(=O)Oc2ccccc2NC=O)c1. The van der Waals surface area contributed by atoms with E-state index in [1.807, 2.05) is 42.5 Å². The van der Waals surface area contributed by atoms with E-state index in [0.717, 1.165) is 29.9 Å². The normalized spacial score (nSPS) is 12.3. The predicted octanol–water partition coefficient (Wildman–Crippen LogP) is 7.70. The summed E-state index contributed by atoms with van der Waals surface area (Å²) in [6.07, 6.45) is 1.14. The number of amides is 1. The standard InChI is InChI=1S/C36H44N4O4Si/c1-36(2,3)45(4,5)44-34(24-38-22-21-26-17-19-29(20-18-26)40-31-14-7-6-13-30(31)37)27-11-10-12-28(23-27)35(42)43-33-16-9-8-15-32(33)39-25-41/h6-20,23,25,34,38,40H,21-22,24,37H2,1-5H3,(H,39,41)/t34-/m0/s1. The number of para-hydroxylation sites is 4.